The van der Waals surface area contributed by atoms with Crippen LogP contribution in [0.3, 0.4) is 0 Å². The fourth-order valence-corrected chi connectivity index (χ4v) is 2.11. The molecular weight excluding hydrogens is 320 g/mol. The van der Waals surface area contributed by atoms with Crippen LogP contribution >= 0.6 is 0 Å². The van der Waals surface area contributed by atoms with E-state index in [-0.39, 0.29) is 31.7 Å². The zero-order chi connectivity index (χ0) is 17.5. The number of esters is 1. The summed E-state index contributed by atoms with van der Waals surface area (Å²) in [5.41, 5.74) is -0.00989. The molecule has 0 N–H and O–H groups in total. The van der Waals surface area contributed by atoms with Crippen LogP contribution in [0.1, 0.15) is 29.5 Å². The Morgan fingerprint density at radius 1 is 1.21 bits per heavy atom. The molecule has 0 aliphatic carbocycles. The lowest BCUT2D eigenvalue weighted by atomic mass is 10.1. The molecule has 0 aliphatic rings. The van der Waals surface area contributed by atoms with Gasteiger partial charge in [-0.05, 0) is 37.3 Å². The van der Waals surface area contributed by atoms with Crippen molar-refractivity contribution in [2.75, 3.05) is 13.2 Å². The Hall–Kier alpha value is -2.70. The predicted octanol–water partition coefficient (Wildman–Crippen LogP) is 3.15. The lowest BCUT2D eigenvalue weighted by molar-refractivity contribution is -0.143. The van der Waals surface area contributed by atoms with Gasteiger partial charge in [-0.1, -0.05) is 0 Å². The van der Waals surface area contributed by atoms with Crippen LogP contribution in [-0.2, 0) is 16.1 Å². The Morgan fingerprint density at radius 3 is 2.62 bits per heavy atom. The quantitative estimate of drug-likeness (QED) is 0.728. The van der Waals surface area contributed by atoms with Crippen molar-refractivity contribution in [3.63, 3.8) is 0 Å². The molecule has 128 valence electrons. The summed E-state index contributed by atoms with van der Waals surface area (Å²) < 4.78 is 36.4. The van der Waals surface area contributed by atoms with Crippen LogP contribution in [0.4, 0.5) is 8.78 Å². The number of carbonyl (C=O) groups is 2. The van der Waals surface area contributed by atoms with Gasteiger partial charge in [0.2, 0.25) is 0 Å². The van der Waals surface area contributed by atoms with Crippen LogP contribution in [0.25, 0.3) is 0 Å². The summed E-state index contributed by atoms with van der Waals surface area (Å²) in [5, 5.41) is 0. The van der Waals surface area contributed by atoms with E-state index in [0.29, 0.717) is 5.76 Å². The Bertz CT molecular complexity index is 701. The number of amides is 1. The molecule has 2 rings (SSSR count). The number of rotatable bonds is 7. The number of benzene rings is 1. The van der Waals surface area contributed by atoms with Crippen molar-refractivity contribution in [3.8, 4) is 0 Å². The molecule has 1 heterocycles. The first-order chi connectivity index (χ1) is 11.5. The summed E-state index contributed by atoms with van der Waals surface area (Å²) in [4.78, 5) is 25.4. The van der Waals surface area contributed by atoms with E-state index in [0.717, 1.165) is 12.1 Å². The topological polar surface area (TPSA) is 59.8 Å². The molecule has 0 radical (unpaired) electrons. The lowest BCUT2D eigenvalue weighted by Crippen LogP contribution is -2.33. The van der Waals surface area contributed by atoms with Crippen LogP contribution in [-0.4, -0.2) is 29.9 Å². The van der Waals surface area contributed by atoms with Gasteiger partial charge in [-0.25, -0.2) is 8.78 Å². The van der Waals surface area contributed by atoms with Crippen LogP contribution in [0, 0.1) is 11.6 Å². The number of ether oxygens (including phenoxy) is 1. The first-order valence-electron chi connectivity index (χ1n) is 7.43. The Labute approximate surface area is 137 Å². The monoisotopic (exact) mass is 337 g/mol. The van der Waals surface area contributed by atoms with Gasteiger partial charge >= 0.3 is 5.97 Å². The van der Waals surface area contributed by atoms with E-state index in [9.17, 15) is 18.4 Å². The van der Waals surface area contributed by atoms with E-state index in [2.05, 4.69) is 0 Å². The Kier molecular flexibility index (Phi) is 6.06. The normalized spacial score (nSPS) is 10.5. The summed E-state index contributed by atoms with van der Waals surface area (Å²) in [7, 11) is 0. The number of hydrogen-bond donors (Lipinski definition) is 0. The molecule has 0 fully saturated rings. The second-order valence-corrected chi connectivity index (χ2v) is 4.99. The maximum Gasteiger partial charge on any atom is 0.307 e. The van der Waals surface area contributed by atoms with Crippen molar-refractivity contribution in [2.45, 2.75) is 19.9 Å². The van der Waals surface area contributed by atoms with Gasteiger partial charge in [-0.15, -0.1) is 0 Å². The molecule has 2 aromatic rings. The molecule has 1 aromatic carbocycles. The SMILES string of the molecule is CCOC(=O)CCN(Cc1ccco1)C(=O)c1ccc(F)c(F)c1. The Balaban J connectivity index is 2.15. The van der Waals surface area contributed by atoms with E-state index in [1.807, 2.05) is 0 Å². The Morgan fingerprint density at radius 2 is 2.00 bits per heavy atom. The second-order valence-electron chi connectivity index (χ2n) is 4.99. The average Bonchev–Trinajstić information content (AvgIpc) is 3.06. The van der Waals surface area contributed by atoms with Gasteiger partial charge in [0.25, 0.3) is 5.91 Å². The van der Waals surface area contributed by atoms with Crippen molar-refractivity contribution in [2.24, 2.45) is 0 Å². The number of halogens is 2. The van der Waals surface area contributed by atoms with Gasteiger partial charge in [0, 0.05) is 12.1 Å². The molecule has 0 aliphatic heterocycles. The molecular formula is C17H17F2NO4. The van der Waals surface area contributed by atoms with Crippen molar-refractivity contribution >= 4 is 11.9 Å². The van der Waals surface area contributed by atoms with E-state index >= 15 is 0 Å². The molecule has 0 atom stereocenters. The van der Waals surface area contributed by atoms with Crippen molar-refractivity contribution < 1.29 is 27.5 Å². The van der Waals surface area contributed by atoms with Crippen LogP contribution in [0.15, 0.2) is 41.0 Å². The summed E-state index contributed by atoms with van der Waals surface area (Å²) >= 11 is 0. The lowest BCUT2D eigenvalue weighted by Gasteiger charge is -2.21. The number of carbonyl (C=O) groups excluding carboxylic acids is 2. The van der Waals surface area contributed by atoms with Gasteiger partial charge in [-0.3, -0.25) is 9.59 Å². The van der Waals surface area contributed by atoms with E-state index < -0.39 is 23.5 Å². The van der Waals surface area contributed by atoms with Crippen molar-refractivity contribution in [1.82, 2.24) is 4.90 Å². The van der Waals surface area contributed by atoms with Crippen LogP contribution in [0.2, 0.25) is 0 Å². The van der Waals surface area contributed by atoms with E-state index in [1.54, 1.807) is 19.1 Å². The highest BCUT2D eigenvalue weighted by Gasteiger charge is 2.20. The zero-order valence-corrected chi connectivity index (χ0v) is 13.1. The third-order valence-corrected chi connectivity index (χ3v) is 3.27. The molecule has 1 aromatic heterocycles. The van der Waals surface area contributed by atoms with Gasteiger partial charge in [0.05, 0.1) is 25.8 Å². The minimum Gasteiger partial charge on any atom is -0.467 e. The van der Waals surface area contributed by atoms with E-state index in [4.69, 9.17) is 9.15 Å². The summed E-state index contributed by atoms with van der Waals surface area (Å²) in [6, 6.07) is 6.26. The molecule has 0 saturated carbocycles. The summed E-state index contributed by atoms with van der Waals surface area (Å²) in [5.74, 6) is -2.61. The maximum atomic E-state index is 13.4. The average molecular weight is 337 g/mol. The van der Waals surface area contributed by atoms with Crippen LogP contribution in [0.5, 0.6) is 0 Å². The zero-order valence-electron chi connectivity index (χ0n) is 13.1. The molecule has 0 saturated heterocycles. The molecule has 24 heavy (non-hydrogen) atoms. The van der Waals surface area contributed by atoms with Crippen molar-refractivity contribution in [1.29, 1.82) is 0 Å². The molecule has 5 nitrogen and oxygen atoms in total. The molecule has 0 bridgehead atoms. The highest BCUT2D eigenvalue weighted by molar-refractivity contribution is 5.94. The van der Waals surface area contributed by atoms with Gasteiger partial charge in [0.1, 0.15) is 5.76 Å². The fourth-order valence-electron chi connectivity index (χ4n) is 2.11. The largest absolute Gasteiger partial charge is 0.467 e. The highest BCUT2D eigenvalue weighted by Crippen LogP contribution is 2.14. The fraction of sp³-hybridized carbons (Fsp3) is 0.294. The second kappa shape index (κ2) is 8.24. The first-order valence-corrected chi connectivity index (χ1v) is 7.43. The predicted molar refractivity (Wildman–Crippen MR) is 81.1 cm³/mol. The molecule has 7 heteroatoms. The molecule has 0 unspecified atom stereocenters. The van der Waals surface area contributed by atoms with Gasteiger partial charge < -0.3 is 14.1 Å². The number of nitrogens with zero attached hydrogens (tertiary/aromatic N) is 1. The number of hydrogen-bond acceptors (Lipinski definition) is 4. The molecule has 1 amide bonds. The minimum atomic E-state index is -1.11. The highest BCUT2D eigenvalue weighted by atomic mass is 19.2. The first kappa shape index (κ1) is 17.7. The summed E-state index contributed by atoms with van der Waals surface area (Å²) in [6.07, 6.45) is 1.45. The minimum absolute atomic E-state index is 0.00989. The van der Waals surface area contributed by atoms with Crippen molar-refractivity contribution in [3.05, 3.63) is 59.6 Å². The molecule has 0 spiro atoms. The maximum absolute atomic E-state index is 13.4. The van der Waals surface area contributed by atoms with Gasteiger partial charge in [-0.2, -0.15) is 0 Å². The van der Waals surface area contributed by atoms with Gasteiger partial charge in [0.15, 0.2) is 11.6 Å². The third-order valence-electron chi connectivity index (χ3n) is 3.27. The summed E-state index contributed by atoms with van der Waals surface area (Å²) in [6.45, 7) is 2.10. The van der Waals surface area contributed by atoms with Crippen LogP contribution < -0.4 is 0 Å². The standard InChI is InChI=1S/C17H17F2NO4/c1-2-23-16(21)7-8-20(11-13-4-3-9-24-13)17(22)12-5-6-14(18)15(19)10-12/h3-6,9-10H,2,7-8,11H2,1H3. The third kappa shape index (κ3) is 4.65. The van der Waals surface area contributed by atoms with E-state index in [1.165, 1.54) is 17.2 Å². The number of furan rings is 1. The smallest absolute Gasteiger partial charge is 0.307 e.